The van der Waals surface area contributed by atoms with E-state index in [-0.39, 0.29) is 36.7 Å². The Kier molecular flexibility index (Phi) is 4.68. The second kappa shape index (κ2) is 6.42. The molecule has 0 aromatic carbocycles. The van der Waals surface area contributed by atoms with E-state index in [2.05, 4.69) is 0 Å². The van der Waals surface area contributed by atoms with Gasteiger partial charge in [-0.2, -0.15) is 0 Å². The fourth-order valence-corrected chi connectivity index (χ4v) is 4.27. The molecule has 2 saturated heterocycles. The first kappa shape index (κ1) is 16.7. The van der Waals surface area contributed by atoms with Gasteiger partial charge in [0.2, 0.25) is 0 Å². The number of hydrogen-bond donors (Lipinski definition) is 0. The topological polar surface area (TPSA) is 61.8 Å². The third-order valence-corrected chi connectivity index (χ3v) is 6.11. The lowest BCUT2D eigenvalue weighted by Gasteiger charge is -2.41. The summed E-state index contributed by atoms with van der Waals surface area (Å²) in [6, 6.07) is 0. The highest BCUT2D eigenvalue weighted by Gasteiger charge is 2.49. The molecule has 5 atom stereocenters. The lowest BCUT2D eigenvalue weighted by atomic mass is 9.64. The van der Waals surface area contributed by atoms with Gasteiger partial charge in [-0.15, -0.1) is 0 Å². The molecule has 4 aliphatic rings. The minimum Gasteiger partial charge on any atom is -0.462 e. The Hall–Kier alpha value is -1.10. The number of carbonyl (C=O) groups excluding carboxylic acids is 2. The predicted molar refractivity (Wildman–Crippen MR) is 83.3 cm³/mol. The molecule has 0 spiro atoms. The van der Waals surface area contributed by atoms with Crippen molar-refractivity contribution in [3.8, 4) is 0 Å². The summed E-state index contributed by atoms with van der Waals surface area (Å²) in [6.45, 7) is 6.20. The molecule has 0 N–H and O–H groups in total. The molecule has 4 fully saturated rings. The van der Waals surface area contributed by atoms with Crippen LogP contribution in [0.2, 0.25) is 0 Å². The van der Waals surface area contributed by atoms with Crippen molar-refractivity contribution in [2.75, 3.05) is 13.4 Å². The summed E-state index contributed by atoms with van der Waals surface area (Å²) >= 11 is 0. The maximum Gasteiger partial charge on any atom is 0.313 e. The maximum absolute atomic E-state index is 12.0. The van der Waals surface area contributed by atoms with Gasteiger partial charge in [0, 0.05) is 5.92 Å². The van der Waals surface area contributed by atoms with Gasteiger partial charge in [0.15, 0.2) is 6.79 Å². The van der Waals surface area contributed by atoms with E-state index in [1.54, 1.807) is 0 Å². The quantitative estimate of drug-likeness (QED) is 0.427. The number of fused-ring (bicyclic) bond motifs is 1. The number of esters is 2. The van der Waals surface area contributed by atoms with Crippen LogP contribution in [0.3, 0.4) is 0 Å². The summed E-state index contributed by atoms with van der Waals surface area (Å²) in [5.74, 6) is 1.24. The molecule has 0 amide bonds. The smallest absolute Gasteiger partial charge is 0.313 e. The van der Waals surface area contributed by atoms with Crippen molar-refractivity contribution >= 4 is 11.9 Å². The highest BCUT2D eigenvalue weighted by atomic mass is 16.7. The van der Waals surface area contributed by atoms with Crippen molar-refractivity contribution in [1.29, 1.82) is 0 Å². The lowest BCUT2D eigenvalue weighted by Crippen LogP contribution is -2.41. The average Bonchev–Trinajstić information content (AvgIpc) is 2.67. The van der Waals surface area contributed by atoms with Gasteiger partial charge in [-0.3, -0.25) is 9.59 Å². The molecule has 2 aliphatic carbocycles. The van der Waals surface area contributed by atoms with E-state index < -0.39 is 5.41 Å². The Labute approximate surface area is 138 Å². The van der Waals surface area contributed by atoms with Crippen LogP contribution in [-0.4, -0.2) is 31.4 Å². The molecule has 2 saturated carbocycles. The van der Waals surface area contributed by atoms with E-state index in [9.17, 15) is 9.59 Å². The zero-order valence-electron chi connectivity index (χ0n) is 14.4. The first-order valence-electron chi connectivity index (χ1n) is 8.86. The Morgan fingerprint density at radius 2 is 2.04 bits per heavy atom. The van der Waals surface area contributed by atoms with E-state index in [0.29, 0.717) is 18.4 Å². The van der Waals surface area contributed by atoms with Gasteiger partial charge < -0.3 is 14.2 Å². The van der Waals surface area contributed by atoms with Crippen molar-refractivity contribution in [3.05, 3.63) is 0 Å². The van der Waals surface area contributed by atoms with Crippen molar-refractivity contribution in [2.24, 2.45) is 29.1 Å². The van der Waals surface area contributed by atoms with E-state index in [0.717, 1.165) is 25.7 Å². The van der Waals surface area contributed by atoms with Crippen LogP contribution in [0.25, 0.3) is 0 Å². The molecule has 0 aromatic heterocycles. The molecule has 0 aromatic rings. The lowest BCUT2D eigenvalue weighted by molar-refractivity contribution is -0.171. The molecule has 4 rings (SSSR count). The minimum atomic E-state index is -0.473. The van der Waals surface area contributed by atoms with Crippen molar-refractivity contribution in [1.82, 2.24) is 0 Å². The van der Waals surface area contributed by atoms with Gasteiger partial charge in [0.1, 0.15) is 6.10 Å². The zero-order chi connectivity index (χ0) is 16.6. The fraction of sp³-hybridized carbons (Fsp3) is 0.889. The predicted octanol–water partition coefficient (Wildman–Crippen LogP) is 2.92. The van der Waals surface area contributed by atoms with Gasteiger partial charge in [0.05, 0.1) is 17.9 Å². The summed E-state index contributed by atoms with van der Waals surface area (Å²) in [5.41, 5.74) is -0.473. The minimum absolute atomic E-state index is 0.0125. The Balaban J connectivity index is 1.49. The fourth-order valence-electron chi connectivity index (χ4n) is 4.27. The second-order valence-electron chi connectivity index (χ2n) is 8.06. The summed E-state index contributed by atoms with van der Waals surface area (Å²) in [4.78, 5) is 24.0. The average molecular weight is 324 g/mol. The number of carbonyl (C=O) groups is 2. The van der Waals surface area contributed by atoms with Crippen molar-refractivity contribution in [2.45, 2.75) is 59.0 Å². The van der Waals surface area contributed by atoms with Crippen LogP contribution in [-0.2, 0) is 23.8 Å². The van der Waals surface area contributed by atoms with Crippen molar-refractivity contribution in [3.63, 3.8) is 0 Å². The van der Waals surface area contributed by atoms with Crippen LogP contribution in [0.5, 0.6) is 0 Å². The van der Waals surface area contributed by atoms with Crippen molar-refractivity contribution < 1.29 is 23.8 Å². The highest BCUT2D eigenvalue weighted by Crippen LogP contribution is 2.49. The van der Waals surface area contributed by atoms with E-state index in [4.69, 9.17) is 14.2 Å². The Morgan fingerprint density at radius 3 is 2.78 bits per heavy atom. The number of ether oxygens (including phenoxy) is 3. The van der Waals surface area contributed by atoms with Crippen LogP contribution < -0.4 is 0 Å². The normalized spacial score (nSPS) is 35.8. The summed E-state index contributed by atoms with van der Waals surface area (Å²) in [5, 5.41) is 0. The first-order chi connectivity index (χ1) is 10.9. The van der Waals surface area contributed by atoms with Crippen LogP contribution in [0.1, 0.15) is 52.9 Å². The SMILES string of the molecule is CCC(C)(C)C(=O)OCOCC1C2CC3CC(C2)C(=O)OC1C3. The third-order valence-electron chi connectivity index (χ3n) is 6.11. The molecule has 5 unspecified atom stereocenters. The largest absolute Gasteiger partial charge is 0.462 e. The molecule has 23 heavy (non-hydrogen) atoms. The van der Waals surface area contributed by atoms with Gasteiger partial charge in [-0.05, 0) is 57.8 Å². The summed E-state index contributed by atoms with van der Waals surface area (Å²) in [6.07, 6.45) is 4.81. The third kappa shape index (κ3) is 3.39. The molecule has 5 nitrogen and oxygen atoms in total. The van der Waals surface area contributed by atoms with E-state index >= 15 is 0 Å². The molecular formula is C18H28O5. The van der Waals surface area contributed by atoms with Gasteiger partial charge in [0.25, 0.3) is 0 Å². The zero-order valence-corrected chi connectivity index (χ0v) is 14.4. The second-order valence-corrected chi connectivity index (χ2v) is 8.06. The molecule has 5 heteroatoms. The molecule has 2 aliphatic heterocycles. The number of hydrogen-bond acceptors (Lipinski definition) is 5. The Bertz CT molecular complexity index is 472. The Morgan fingerprint density at radius 1 is 1.26 bits per heavy atom. The monoisotopic (exact) mass is 324 g/mol. The van der Waals surface area contributed by atoms with Crippen LogP contribution in [0.4, 0.5) is 0 Å². The number of rotatable bonds is 6. The first-order valence-corrected chi connectivity index (χ1v) is 8.86. The molecule has 0 radical (unpaired) electrons. The standard InChI is InChI=1S/C18H28O5/c1-4-18(2,3)17(20)22-10-21-9-14-12-5-11-6-13(8-12)16(19)23-15(14)7-11/h11-15H,4-10H2,1-3H3. The van der Waals surface area contributed by atoms with Gasteiger partial charge in [-0.25, -0.2) is 0 Å². The highest BCUT2D eigenvalue weighted by molar-refractivity contribution is 5.75. The summed E-state index contributed by atoms with van der Waals surface area (Å²) < 4.78 is 16.5. The molecule has 130 valence electrons. The van der Waals surface area contributed by atoms with E-state index in [1.165, 1.54) is 6.42 Å². The van der Waals surface area contributed by atoms with Gasteiger partial charge >= 0.3 is 11.9 Å². The maximum atomic E-state index is 12.0. The molecular weight excluding hydrogens is 296 g/mol. The molecule has 2 heterocycles. The van der Waals surface area contributed by atoms with E-state index in [1.807, 2.05) is 20.8 Å². The van der Waals surface area contributed by atoms with Crippen LogP contribution in [0.15, 0.2) is 0 Å². The molecule has 4 bridgehead atoms. The van der Waals surface area contributed by atoms with Gasteiger partial charge in [-0.1, -0.05) is 6.92 Å². The van der Waals surface area contributed by atoms with Crippen LogP contribution in [0, 0.1) is 29.1 Å². The van der Waals surface area contributed by atoms with Crippen LogP contribution >= 0.6 is 0 Å². The summed E-state index contributed by atoms with van der Waals surface area (Å²) in [7, 11) is 0.